The quantitative estimate of drug-likeness (QED) is 0.0633. The summed E-state index contributed by atoms with van der Waals surface area (Å²) in [5, 5.41) is 29.1. The molecule has 4 aliphatic carbocycles. The van der Waals surface area contributed by atoms with E-state index < -0.39 is 5.97 Å². The third-order valence-corrected chi connectivity index (χ3v) is 15.3. The highest BCUT2D eigenvalue weighted by Crippen LogP contribution is 2.72. The fourth-order valence-electron chi connectivity index (χ4n) is 12.7. The zero-order valence-electron chi connectivity index (χ0n) is 39.7. The number of nitrogens with one attached hydrogen (secondary N) is 1. The standard InChI is InChI=1S/C50H67N9O6S/c1-7-19-62-22-24-64-25-23-63-20-17-57(6)18-21-65-50-30-47(4)27-48(5,31-50)29-49(28-47,32-50)33-59-35(3)38(26-51-59)37-14-15-41(53-42(37)45(60)61)58-16-10-11-36-34(2)43(55-56-44(36)58)54-46-52-39-12-8-9-13-40(39)66-46/h8-9,12-15,26H,7,10-11,16-25,27-33H2,1-6H3,(H,60,61)(H,52,54,55)/t47-,48+,49?,50?. The number of anilines is 4. The minimum absolute atomic E-state index is 0.00231. The molecule has 4 bridgehead atoms. The number of thiazole rings is 1. The van der Waals surface area contributed by atoms with Gasteiger partial charge in [0.1, 0.15) is 5.82 Å². The van der Waals surface area contributed by atoms with Gasteiger partial charge in [0.25, 0.3) is 0 Å². The number of ether oxygens (including phenoxy) is 4. The predicted octanol–water partition coefficient (Wildman–Crippen LogP) is 9.02. The Balaban J connectivity index is 0.858. The van der Waals surface area contributed by atoms with Gasteiger partial charge in [-0.25, -0.2) is 14.8 Å². The van der Waals surface area contributed by atoms with Crippen LogP contribution in [0.5, 0.6) is 0 Å². The van der Waals surface area contributed by atoms with Crippen molar-refractivity contribution in [3.8, 4) is 11.1 Å². The first kappa shape index (κ1) is 46.5. The lowest BCUT2D eigenvalue weighted by atomic mass is 9.39. The van der Waals surface area contributed by atoms with Crippen LogP contribution in [-0.2, 0) is 31.9 Å². The van der Waals surface area contributed by atoms with Crippen LogP contribution in [-0.4, -0.2) is 124 Å². The van der Waals surface area contributed by atoms with Crippen molar-refractivity contribution in [2.24, 2.45) is 16.2 Å². The number of rotatable bonds is 22. The molecule has 1 aliphatic heterocycles. The molecule has 2 unspecified atom stereocenters. The molecular weight excluding hydrogens is 855 g/mol. The number of carboxylic acids is 1. The van der Waals surface area contributed by atoms with E-state index >= 15 is 0 Å². The molecule has 354 valence electrons. The highest BCUT2D eigenvalue weighted by molar-refractivity contribution is 7.22. The summed E-state index contributed by atoms with van der Waals surface area (Å²) in [5.41, 5.74) is 5.53. The van der Waals surface area contributed by atoms with Crippen molar-refractivity contribution >= 4 is 50.1 Å². The number of hydrogen-bond donors (Lipinski definition) is 2. The van der Waals surface area contributed by atoms with Gasteiger partial charge in [-0.1, -0.05) is 44.2 Å². The van der Waals surface area contributed by atoms with E-state index in [-0.39, 0.29) is 27.5 Å². The normalized spacial score (nSPS) is 24.4. The van der Waals surface area contributed by atoms with E-state index in [4.69, 9.17) is 34.0 Å². The van der Waals surface area contributed by atoms with Crippen molar-refractivity contribution in [1.82, 2.24) is 34.8 Å². The van der Waals surface area contributed by atoms with Crippen LogP contribution in [0.15, 0.2) is 42.6 Å². The van der Waals surface area contributed by atoms with E-state index in [2.05, 4.69) is 65.9 Å². The van der Waals surface area contributed by atoms with Crippen LogP contribution in [0.25, 0.3) is 21.3 Å². The largest absolute Gasteiger partial charge is 0.476 e. The maximum Gasteiger partial charge on any atom is 0.355 e. The molecule has 4 saturated carbocycles. The number of hydrogen-bond acceptors (Lipinski definition) is 14. The summed E-state index contributed by atoms with van der Waals surface area (Å²) < 4.78 is 27.2. The fourth-order valence-corrected chi connectivity index (χ4v) is 13.6. The Morgan fingerprint density at radius 2 is 1.59 bits per heavy atom. The molecule has 5 heterocycles. The van der Waals surface area contributed by atoms with Gasteiger partial charge >= 0.3 is 5.97 Å². The highest BCUT2D eigenvalue weighted by Gasteiger charge is 2.66. The molecule has 0 spiro atoms. The monoisotopic (exact) mass is 921 g/mol. The molecule has 66 heavy (non-hydrogen) atoms. The topological polar surface area (TPSA) is 162 Å². The highest BCUT2D eigenvalue weighted by atomic mass is 32.1. The number of likely N-dealkylation sites (N-methyl/N-ethyl adjacent to an activating group) is 1. The van der Waals surface area contributed by atoms with Gasteiger partial charge in [-0.05, 0) is 119 Å². The molecule has 4 aromatic heterocycles. The zero-order valence-corrected chi connectivity index (χ0v) is 40.5. The Morgan fingerprint density at radius 1 is 0.864 bits per heavy atom. The van der Waals surface area contributed by atoms with Crippen LogP contribution >= 0.6 is 11.3 Å². The van der Waals surface area contributed by atoms with Crippen molar-refractivity contribution in [2.45, 2.75) is 105 Å². The van der Waals surface area contributed by atoms with Crippen LogP contribution in [0.4, 0.5) is 22.6 Å². The van der Waals surface area contributed by atoms with Gasteiger partial charge in [-0.2, -0.15) is 5.10 Å². The SMILES string of the molecule is CCCOCCOCCOCCN(C)CCOC12CC3(Cn4ncc(-c5ccc(N6CCCc7c6nnc(Nc6nc8ccccc8s6)c7C)nc5C(=O)O)c4C)C[C@@](C)(C1)C[C@](C)(C3)C2. The van der Waals surface area contributed by atoms with Crippen molar-refractivity contribution in [1.29, 1.82) is 0 Å². The second-order valence-electron chi connectivity index (χ2n) is 20.4. The van der Waals surface area contributed by atoms with Gasteiger partial charge in [0, 0.05) is 60.7 Å². The average molecular weight is 922 g/mol. The summed E-state index contributed by atoms with van der Waals surface area (Å²) in [6.45, 7) is 18.8. The van der Waals surface area contributed by atoms with E-state index in [1.807, 2.05) is 48.4 Å². The van der Waals surface area contributed by atoms with Gasteiger partial charge in [0.05, 0.1) is 61.7 Å². The lowest BCUT2D eigenvalue weighted by molar-refractivity contribution is -0.248. The van der Waals surface area contributed by atoms with Crippen molar-refractivity contribution in [3.63, 3.8) is 0 Å². The van der Waals surface area contributed by atoms with Gasteiger partial charge in [0.2, 0.25) is 0 Å². The molecule has 15 nitrogen and oxygen atoms in total. The number of carboxylic acid groups (broad SMARTS) is 1. The maximum atomic E-state index is 13.0. The number of fused-ring (bicyclic) bond motifs is 2. The maximum absolute atomic E-state index is 13.0. The molecular formula is C50H67N9O6S. The van der Waals surface area contributed by atoms with Crippen LogP contribution in [0, 0.1) is 30.1 Å². The Labute approximate surface area is 392 Å². The van der Waals surface area contributed by atoms with E-state index in [9.17, 15) is 9.90 Å². The third kappa shape index (κ3) is 9.86. The molecule has 5 aromatic rings. The number of aromatic carboxylic acids is 1. The second kappa shape index (κ2) is 19.2. The minimum atomic E-state index is -1.08. The van der Waals surface area contributed by atoms with Gasteiger partial charge in [0.15, 0.2) is 22.5 Å². The Bertz CT molecular complexity index is 2480. The van der Waals surface area contributed by atoms with E-state index in [0.29, 0.717) is 69.2 Å². The average Bonchev–Trinajstić information content (AvgIpc) is 3.85. The summed E-state index contributed by atoms with van der Waals surface area (Å²) in [5.74, 6) is 0.821. The third-order valence-electron chi connectivity index (χ3n) is 14.4. The van der Waals surface area contributed by atoms with Gasteiger partial charge < -0.3 is 39.2 Å². The lowest BCUT2D eigenvalue weighted by Gasteiger charge is -2.69. The zero-order chi connectivity index (χ0) is 46.1. The van der Waals surface area contributed by atoms with E-state index in [1.165, 1.54) is 6.42 Å². The van der Waals surface area contributed by atoms with Crippen LogP contribution in [0.3, 0.4) is 0 Å². The summed E-state index contributed by atoms with van der Waals surface area (Å²) in [6.07, 6.45) is 11.2. The number of benzene rings is 1. The van der Waals surface area contributed by atoms with Gasteiger partial charge in [-0.15, -0.1) is 10.2 Å². The Kier molecular flexibility index (Phi) is 13.5. The molecule has 4 fully saturated rings. The molecule has 0 saturated heterocycles. The molecule has 1 aromatic carbocycles. The molecule has 0 radical (unpaired) electrons. The summed E-state index contributed by atoms with van der Waals surface area (Å²) in [7, 11) is 2.14. The number of carbonyl (C=O) groups is 1. The first-order valence-electron chi connectivity index (χ1n) is 23.9. The fraction of sp³-hybridized carbons (Fsp3) is 0.600. The van der Waals surface area contributed by atoms with E-state index in [1.54, 1.807) is 11.3 Å². The number of aromatic nitrogens is 6. The lowest BCUT2D eigenvalue weighted by Crippen LogP contribution is -2.64. The first-order valence-corrected chi connectivity index (χ1v) is 24.7. The van der Waals surface area contributed by atoms with Crippen molar-refractivity contribution in [3.05, 3.63) is 65.1 Å². The van der Waals surface area contributed by atoms with Crippen molar-refractivity contribution < 1.29 is 28.8 Å². The second-order valence-corrected chi connectivity index (χ2v) is 21.4. The molecule has 16 heteroatoms. The van der Waals surface area contributed by atoms with Crippen LogP contribution in [0.1, 0.15) is 99.4 Å². The Hall–Kier alpha value is -4.58. The van der Waals surface area contributed by atoms with Crippen LogP contribution in [0.2, 0.25) is 0 Å². The summed E-state index contributed by atoms with van der Waals surface area (Å²) in [6, 6.07) is 11.8. The van der Waals surface area contributed by atoms with E-state index in [0.717, 1.165) is 115 Å². The summed E-state index contributed by atoms with van der Waals surface area (Å²) >= 11 is 1.58. The van der Waals surface area contributed by atoms with Crippen LogP contribution < -0.4 is 10.2 Å². The predicted molar refractivity (Wildman–Crippen MR) is 257 cm³/mol. The molecule has 5 aliphatic rings. The molecule has 10 rings (SSSR count). The molecule has 0 amide bonds. The smallest absolute Gasteiger partial charge is 0.355 e. The van der Waals surface area contributed by atoms with Crippen molar-refractivity contribution in [2.75, 3.05) is 83.1 Å². The minimum Gasteiger partial charge on any atom is -0.476 e. The molecule has 4 atom stereocenters. The number of para-hydroxylation sites is 1. The Morgan fingerprint density at radius 3 is 2.33 bits per heavy atom. The summed E-state index contributed by atoms with van der Waals surface area (Å²) in [4.78, 5) is 26.8. The number of nitrogens with zero attached hydrogens (tertiary/aromatic N) is 8. The molecule has 2 N–H and O–H groups in total. The number of pyridine rings is 1. The van der Waals surface area contributed by atoms with Gasteiger partial charge in [-0.3, -0.25) is 4.68 Å². The first-order chi connectivity index (χ1) is 31.8.